The van der Waals surface area contributed by atoms with E-state index in [0.29, 0.717) is 22.7 Å². The van der Waals surface area contributed by atoms with Crippen LogP contribution in [0.25, 0.3) is 5.69 Å². The van der Waals surface area contributed by atoms with Crippen LogP contribution < -0.4 is 0 Å². The number of likely N-dealkylation sites (tertiary alicyclic amines) is 1. The molecule has 1 saturated carbocycles. The van der Waals surface area contributed by atoms with Crippen LogP contribution in [0.5, 0.6) is 0 Å². The van der Waals surface area contributed by atoms with Crippen LogP contribution in [0, 0.1) is 5.92 Å². The second-order valence-electron chi connectivity index (χ2n) is 8.34. The van der Waals surface area contributed by atoms with E-state index in [9.17, 15) is 22.8 Å². The Morgan fingerprint density at radius 2 is 1.78 bits per heavy atom. The van der Waals surface area contributed by atoms with Crippen LogP contribution in [-0.2, 0) is 10.9 Å². The van der Waals surface area contributed by atoms with Crippen LogP contribution in [0.3, 0.4) is 0 Å². The number of hydrogen-bond donors (Lipinski definition) is 0. The van der Waals surface area contributed by atoms with Crippen LogP contribution in [-0.4, -0.2) is 45.8 Å². The van der Waals surface area contributed by atoms with Gasteiger partial charge in [0.2, 0.25) is 0 Å². The first-order valence-electron chi connectivity index (χ1n) is 11.0. The van der Waals surface area contributed by atoms with E-state index < -0.39 is 23.4 Å². The largest absolute Gasteiger partial charge is 0.462 e. The Hall–Kier alpha value is -2.84. The Kier molecular flexibility index (Phi) is 6.26. The number of ether oxygens (including phenoxy) is 1. The van der Waals surface area contributed by atoms with Gasteiger partial charge in [0.25, 0.3) is 5.91 Å². The Morgan fingerprint density at radius 1 is 1.09 bits per heavy atom. The van der Waals surface area contributed by atoms with Crippen molar-refractivity contribution in [3.05, 3.63) is 47.3 Å². The molecular formula is C23H26F3N3O3. The van der Waals surface area contributed by atoms with Crippen LogP contribution in [0.1, 0.15) is 71.9 Å². The summed E-state index contributed by atoms with van der Waals surface area (Å²) in [6.45, 7) is 2.18. The number of benzene rings is 1. The average molecular weight is 449 g/mol. The molecule has 2 atom stereocenters. The fraction of sp³-hybridized carbons (Fsp3) is 0.522. The molecule has 1 aliphatic carbocycles. The fourth-order valence-electron chi connectivity index (χ4n) is 4.96. The number of amides is 1. The second-order valence-corrected chi connectivity index (χ2v) is 8.34. The molecule has 6 nitrogen and oxygen atoms in total. The Balaban J connectivity index is 1.60. The highest BCUT2D eigenvalue weighted by Crippen LogP contribution is 2.36. The predicted octanol–water partition coefficient (Wildman–Crippen LogP) is 4.86. The average Bonchev–Trinajstić information content (AvgIpc) is 3.25. The summed E-state index contributed by atoms with van der Waals surface area (Å²) in [6.07, 6.45) is 2.65. The molecule has 0 bridgehead atoms. The van der Waals surface area contributed by atoms with Crippen LogP contribution in [0.15, 0.2) is 30.5 Å². The molecular weight excluding hydrogens is 423 g/mol. The van der Waals surface area contributed by atoms with Crippen LogP contribution in [0.2, 0.25) is 0 Å². The number of esters is 1. The summed E-state index contributed by atoms with van der Waals surface area (Å²) in [7, 11) is 0. The molecule has 0 N–H and O–H groups in total. The SMILES string of the molecule is CCOC(=O)c1cnn(-c2ccc(C(=O)N3CCCC4CCCCC43)cc2)c1C(F)(F)F. The summed E-state index contributed by atoms with van der Waals surface area (Å²) < 4.78 is 46.5. The third-order valence-electron chi connectivity index (χ3n) is 6.40. The highest BCUT2D eigenvalue weighted by molar-refractivity contribution is 5.95. The Bertz CT molecular complexity index is 983. The first kappa shape index (κ1) is 22.4. The Morgan fingerprint density at radius 3 is 2.47 bits per heavy atom. The number of fused-ring (bicyclic) bond motifs is 1. The first-order chi connectivity index (χ1) is 15.3. The molecule has 0 radical (unpaired) electrons. The van der Waals surface area contributed by atoms with Crippen molar-refractivity contribution >= 4 is 11.9 Å². The molecule has 2 aliphatic rings. The van der Waals surface area contributed by atoms with Crippen molar-refractivity contribution in [1.29, 1.82) is 0 Å². The molecule has 2 unspecified atom stereocenters. The third kappa shape index (κ3) is 4.25. The number of halogens is 3. The van der Waals surface area contributed by atoms with Gasteiger partial charge in [0.1, 0.15) is 5.56 Å². The smallest absolute Gasteiger partial charge is 0.434 e. The molecule has 1 amide bonds. The monoisotopic (exact) mass is 449 g/mol. The number of alkyl halides is 3. The third-order valence-corrected chi connectivity index (χ3v) is 6.40. The molecule has 0 spiro atoms. The van der Waals surface area contributed by atoms with Crippen molar-refractivity contribution in [3.8, 4) is 5.69 Å². The van der Waals surface area contributed by atoms with Crippen molar-refractivity contribution in [1.82, 2.24) is 14.7 Å². The zero-order chi connectivity index (χ0) is 22.9. The number of carbonyl (C=O) groups is 2. The lowest BCUT2D eigenvalue weighted by molar-refractivity contribution is -0.143. The summed E-state index contributed by atoms with van der Waals surface area (Å²) >= 11 is 0. The van der Waals surface area contributed by atoms with E-state index in [1.54, 1.807) is 0 Å². The van der Waals surface area contributed by atoms with E-state index >= 15 is 0 Å². The zero-order valence-electron chi connectivity index (χ0n) is 17.9. The standard InChI is InChI=1S/C23H26F3N3O3/c1-2-32-22(31)18-14-27-29(20(18)23(24,25)26)17-11-9-16(10-12-17)21(30)28-13-5-7-15-6-3-4-8-19(15)28/h9-12,14-15,19H,2-8,13H2,1H3. The Labute approximate surface area is 184 Å². The summed E-state index contributed by atoms with van der Waals surface area (Å²) in [5.74, 6) is -0.623. The van der Waals surface area contributed by atoms with Crippen molar-refractivity contribution in [2.24, 2.45) is 5.92 Å². The predicted molar refractivity (Wildman–Crippen MR) is 111 cm³/mol. The van der Waals surface area contributed by atoms with E-state index in [1.807, 2.05) is 4.90 Å². The van der Waals surface area contributed by atoms with Gasteiger partial charge in [0.15, 0.2) is 5.69 Å². The molecule has 1 aliphatic heterocycles. The number of piperidine rings is 1. The molecule has 2 aromatic rings. The van der Waals surface area contributed by atoms with E-state index in [2.05, 4.69) is 5.10 Å². The summed E-state index contributed by atoms with van der Waals surface area (Å²) in [6, 6.07) is 6.14. The highest BCUT2D eigenvalue weighted by atomic mass is 19.4. The number of carbonyl (C=O) groups excluding carboxylic acids is 2. The minimum absolute atomic E-state index is 0.0452. The molecule has 32 heavy (non-hydrogen) atoms. The van der Waals surface area contributed by atoms with Gasteiger partial charge in [0, 0.05) is 18.2 Å². The zero-order valence-corrected chi connectivity index (χ0v) is 17.9. The van der Waals surface area contributed by atoms with E-state index in [-0.39, 0.29) is 24.2 Å². The van der Waals surface area contributed by atoms with Crippen molar-refractivity contribution in [2.75, 3.05) is 13.2 Å². The lowest BCUT2D eigenvalue weighted by Crippen LogP contribution is -2.49. The maximum atomic E-state index is 13.7. The summed E-state index contributed by atoms with van der Waals surface area (Å²) in [5, 5.41) is 3.77. The summed E-state index contributed by atoms with van der Waals surface area (Å²) in [4.78, 5) is 27.1. The van der Waals surface area contributed by atoms with Gasteiger partial charge >= 0.3 is 12.1 Å². The van der Waals surface area contributed by atoms with Crippen LogP contribution in [0.4, 0.5) is 13.2 Å². The minimum atomic E-state index is -4.81. The van der Waals surface area contributed by atoms with Gasteiger partial charge in [-0.3, -0.25) is 4.79 Å². The number of hydrogen-bond acceptors (Lipinski definition) is 4. The number of nitrogens with zero attached hydrogens (tertiary/aromatic N) is 3. The molecule has 2 fully saturated rings. The first-order valence-corrected chi connectivity index (χ1v) is 11.0. The fourth-order valence-corrected chi connectivity index (χ4v) is 4.96. The second kappa shape index (κ2) is 8.96. The van der Waals surface area contributed by atoms with E-state index in [1.165, 1.54) is 37.6 Å². The van der Waals surface area contributed by atoms with Gasteiger partial charge in [-0.2, -0.15) is 18.3 Å². The summed E-state index contributed by atoms with van der Waals surface area (Å²) in [5.41, 5.74) is -1.29. The van der Waals surface area contributed by atoms with E-state index in [4.69, 9.17) is 4.74 Å². The molecule has 2 heterocycles. The van der Waals surface area contributed by atoms with Crippen molar-refractivity contribution in [3.63, 3.8) is 0 Å². The molecule has 1 aromatic carbocycles. The maximum Gasteiger partial charge on any atom is 0.434 e. The van der Waals surface area contributed by atoms with Gasteiger partial charge in [-0.25, -0.2) is 9.48 Å². The van der Waals surface area contributed by atoms with Crippen molar-refractivity contribution < 1.29 is 27.5 Å². The maximum absolute atomic E-state index is 13.7. The van der Waals surface area contributed by atoms with Crippen LogP contribution >= 0.6 is 0 Å². The lowest BCUT2D eigenvalue weighted by atomic mass is 9.78. The molecule has 1 aromatic heterocycles. The molecule has 4 rings (SSSR count). The molecule has 172 valence electrons. The molecule has 9 heteroatoms. The highest BCUT2D eigenvalue weighted by Gasteiger charge is 2.41. The topological polar surface area (TPSA) is 64.4 Å². The number of rotatable bonds is 4. The molecule has 1 saturated heterocycles. The van der Waals surface area contributed by atoms with Gasteiger partial charge in [-0.05, 0) is 62.8 Å². The van der Waals surface area contributed by atoms with Crippen molar-refractivity contribution in [2.45, 2.75) is 57.7 Å². The van der Waals surface area contributed by atoms with Gasteiger partial charge in [-0.15, -0.1) is 0 Å². The van der Waals surface area contributed by atoms with Gasteiger partial charge in [0.05, 0.1) is 18.5 Å². The van der Waals surface area contributed by atoms with Gasteiger partial charge < -0.3 is 9.64 Å². The minimum Gasteiger partial charge on any atom is -0.462 e. The van der Waals surface area contributed by atoms with Gasteiger partial charge in [-0.1, -0.05) is 12.8 Å². The normalized spacial score (nSPS) is 21.2. The number of aromatic nitrogens is 2. The van der Waals surface area contributed by atoms with E-state index in [0.717, 1.165) is 38.3 Å². The quantitative estimate of drug-likeness (QED) is 0.626. The lowest BCUT2D eigenvalue weighted by Gasteiger charge is -2.44.